The fourth-order valence-corrected chi connectivity index (χ4v) is 3.24. The molecule has 0 fully saturated rings. The Bertz CT molecular complexity index is 724. The molecule has 0 atom stereocenters. The van der Waals surface area contributed by atoms with Crippen molar-refractivity contribution in [2.75, 3.05) is 0 Å². The predicted molar refractivity (Wildman–Crippen MR) is 75.8 cm³/mol. The van der Waals surface area contributed by atoms with Gasteiger partial charge >= 0.3 is 0 Å². The number of halogens is 3. The quantitative estimate of drug-likeness (QED) is 0.573. The third-order valence-corrected chi connectivity index (χ3v) is 4.30. The molecular weight excluding hydrogens is 288 g/mol. The van der Waals surface area contributed by atoms with E-state index in [2.05, 4.69) is 4.98 Å². The van der Waals surface area contributed by atoms with E-state index in [-0.39, 0.29) is 20.9 Å². The summed E-state index contributed by atoms with van der Waals surface area (Å²) in [6, 6.07) is 1.44. The molecule has 0 unspecified atom stereocenters. The Balaban J connectivity index is 2.41. The van der Waals surface area contributed by atoms with Gasteiger partial charge in [-0.15, -0.1) is 0 Å². The van der Waals surface area contributed by atoms with Gasteiger partial charge in [-0.2, -0.15) is 0 Å². The second-order valence-corrected chi connectivity index (χ2v) is 5.67. The van der Waals surface area contributed by atoms with Crippen LogP contribution >= 0.6 is 23.2 Å². The second-order valence-electron chi connectivity index (χ2n) is 4.88. The Labute approximate surface area is 119 Å². The molecule has 100 valence electrons. The Morgan fingerprint density at radius 3 is 2.68 bits per heavy atom. The molecule has 1 aliphatic rings. The van der Waals surface area contributed by atoms with Crippen LogP contribution in [0.25, 0.3) is 10.9 Å². The van der Waals surface area contributed by atoms with Crippen molar-refractivity contribution in [1.29, 1.82) is 0 Å². The van der Waals surface area contributed by atoms with E-state index in [4.69, 9.17) is 23.2 Å². The van der Waals surface area contributed by atoms with Gasteiger partial charge in [-0.1, -0.05) is 29.6 Å². The summed E-state index contributed by atoms with van der Waals surface area (Å²) in [5.74, 6) is -0.727. The van der Waals surface area contributed by atoms with Gasteiger partial charge in [0.15, 0.2) is 11.2 Å². The smallest absolute Gasteiger partial charge is 0.194 e. The standard InChI is InChI=1S/C14H12Cl2FNO/c15-8-6-10-11(12(16)13(8)17)14(19)7-4-2-1-3-5-9(7)18-10/h6H,1-5H2,(H,18,19). The summed E-state index contributed by atoms with van der Waals surface area (Å²) in [4.78, 5) is 15.7. The average Bonchev–Trinajstić information content (AvgIpc) is 2.61. The highest BCUT2D eigenvalue weighted by molar-refractivity contribution is 6.38. The van der Waals surface area contributed by atoms with Crippen LogP contribution in [-0.2, 0) is 12.8 Å². The fraction of sp³-hybridized carbons (Fsp3) is 0.357. The molecule has 2 aromatic rings. The minimum atomic E-state index is -0.727. The van der Waals surface area contributed by atoms with Crippen molar-refractivity contribution < 1.29 is 4.39 Å². The van der Waals surface area contributed by atoms with Crippen LogP contribution in [0, 0.1) is 5.82 Å². The van der Waals surface area contributed by atoms with Gasteiger partial charge < -0.3 is 4.98 Å². The summed E-state index contributed by atoms with van der Waals surface area (Å²) in [5.41, 5.74) is 2.04. The van der Waals surface area contributed by atoms with E-state index in [1.165, 1.54) is 6.07 Å². The minimum absolute atomic E-state index is 0.0679. The molecule has 1 aromatic heterocycles. The third kappa shape index (κ3) is 2.05. The molecule has 19 heavy (non-hydrogen) atoms. The maximum absolute atomic E-state index is 13.7. The van der Waals surface area contributed by atoms with Gasteiger partial charge in [-0.05, 0) is 31.7 Å². The Morgan fingerprint density at radius 2 is 1.89 bits per heavy atom. The topological polar surface area (TPSA) is 32.9 Å². The monoisotopic (exact) mass is 299 g/mol. The normalized spacial score (nSPS) is 15.3. The van der Waals surface area contributed by atoms with Crippen LogP contribution in [0.4, 0.5) is 4.39 Å². The highest BCUT2D eigenvalue weighted by Gasteiger charge is 2.19. The molecule has 1 aliphatic carbocycles. The molecule has 5 heteroatoms. The number of hydrogen-bond donors (Lipinski definition) is 1. The summed E-state index contributed by atoms with van der Waals surface area (Å²) < 4.78 is 13.7. The Hall–Kier alpha value is -1.06. The number of H-pyrrole nitrogens is 1. The third-order valence-electron chi connectivity index (χ3n) is 3.67. The molecule has 0 bridgehead atoms. The Kier molecular flexibility index (Phi) is 3.27. The summed E-state index contributed by atoms with van der Waals surface area (Å²) in [6.07, 6.45) is 4.70. The zero-order valence-corrected chi connectivity index (χ0v) is 11.7. The second kappa shape index (κ2) is 4.80. The van der Waals surface area contributed by atoms with Crippen LogP contribution in [0.5, 0.6) is 0 Å². The summed E-state index contributed by atoms with van der Waals surface area (Å²) in [7, 11) is 0. The van der Waals surface area contributed by atoms with Crippen LogP contribution < -0.4 is 5.43 Å². The van der Waals surface area contributed by atoms with Crippen LogP contribution in [0.1, 0.15) is 30.5 Å². The maximum Gasteiger partial charge on any atom is 0.194 e. The van der Waals surface area contributed by atoms with Gasteiger partial charge in [0.2, 0.25) is 0 Å². The van der Waals surface area contributed by atoms with E-state index in [1.54, 1.807) is 0 Å². The first-order valence-corrected chi connectivity index (χ1v) is 7.06. The SMILES string of the molecule is O=c1c2c([nH]c3cc(Cl)c(F)c(Cl)c13)CCCCC2. The van der Waals surface area contributed by atoms with E-state index >= 15 is 0 Å². The van der Waals surface area contributed by atoms with Crippen molar-refractivity contribution >= 4 is 34.1 Å². The first-order chi connectivity index (χ1) is 9.09. The number of hydrogen-bond acceptors (Lipinski definition) is 1. The van der Waals surface area contributed by atoms with Gasteiger partial charge in [-0.3, -0.25) is 4.79 Å². The van der Waals surface area contributed by atoms with Crippen LogP contribution in [0.15, 0.2) is 10.9 Å². The minimum Gasteiger partial charge on any atom is -0.358 e. The lowest BCUT2D eigenvalue weighted by Gasteiger charge is -2.10. The van der Waals surface area contributed by atoms with Crippen molar-refractivity contribution in [3.8, 4) is 0 Å². The molecule has 0 amide bonds. The maximum atomic E-state index is 13.7. The van der Waals surface area contributed by atoms with E-state index in [0.717, 1.165) is 43.4 Å². The number of aromatic nitrogens is 1. The van der Waals surface area contributed by atoms with Crippen molar-refractivity contribution in [2.45, 2.75) is 32.1 Å². The fourth-order valence-electron chi connectivity index (χ4n) is 2.70. The number of pyridine rings is 1. The number of fused-ring (bicyclic) bond motifs is 2. The summed E-state index contributed by atoms with van der Waals surface area (Å²) in [6.45, 7) is 0. The molecule has 3 rings (SSSR count). The van der Waals surface area contributed by atoms with Crippen molar-refractivity contribution in [2.24, 2.45) is 0 Å². The Morgan fingerprint density at radius 1 is 1.16 bits per heavy atom. The van der Waals surface area contributed by atoms with Crippen LogP contribution in [0.3, 0.4) is 0 Å². The lowest BCUT2D eigenvalue weighted by Crippen LogP contribution is -2.15. The van der Waals surface area contributed by atoms with Crippen molar-refractivity contribution in [3.05, 3.63) is 43.4 Å². The zero-order chi connectivity index (χ0) is 13.6. The molecule has 1 N–H and O–H groups in total. The van der Waals surface area contributed by atoms with E-state index < -0.39 is 5.82 Å². The van der Waals surface area contributed by atoms with Gasteiger partial charge in [0, 0.05) is 11.3 Å². The first kappa shape index (κ1) is 12.9. The van der Waals surface area contributed by atoms with Gasteiger partial charge in [0.25, 0.3) is 0 Å². The zero-order valence-electron chi connectivity index (χ0n) is 10.2. The van der Waals surface area contributed by atoms with Gasteiger partial charge in [-0.25, -0.2) is 4.39 Å². The molecule has 1 aromatic carbocycles. The number of benzene rings is 1. The first-order valence-electron chi connectivity index (χ1n) is 6.31. The highest BCUT2D eigenvalue weighted by atomic mass is 35.5. The average molecular weight is 300 g/mol. The summed E-state index contributed by atoms with van der Waals surface area (Å²) in [5, 5.41) is -0.0401. The number of rotatable bonds is 0. The van der Waals surface area contributed by atoms with Gasteiger partial charge in [0.05, 0.1) is 20.9 Å². The van der Waals surface area contributed by atoms with Crippen molar-refractivity contribution in [1.82, 2.24) is 4.98 Å². The number of aromatic amines is 1. The molecule has 0 spiro atoms. The highest BCUT2D eigenvalue weighted by Crippen LogP contribution is 2.30. The molecule has 2 nitrogen and oxygen atoms in total. The largest absolute Gasteiger partial charge is 0.358 e. The number of aryl methyl sites for hydroxylation is 1. The molecule has 0 saturated carbocycles. The van der Waals surface area contributed by atoms with Gasteiger partial charge in [0.1, 0.15) is 0 Å². The summed E-state index contributed by atoms with van der Waals surface area (Å²) >= 11 is 11.7. The molecule has 0 aliphatic heterocycles. The van der Waals surface area contributed by atoms with Crippen LogP contribution in [0.2, 0.25) is 10.0 Å². The molecular formula is C14H12Cl2FNO. The lowest BCUT2D eigenvalue weighted by atomic mass is 10.0. The molecule has 1 heterocycles. The van der Waals surface area contributed by atoms with Crippen molar-refractivity contribution in [3.63, 3.8) is 0 Å². The predicted octanol–water partition coefficient (Wildman–Crippen LogP) is 4.24. The van der Waals surface area contributed by atoms with E-state index in [9.17, 15) is 9.18 Å². The molecule has 0 saturated heterocycles. The molecule has 0 radical (unpaired) electrons. The lowest BCUT2D eigenvalue weighted by molar-refractivity contribution is 0.630. The van der Waals surface area contributed by atoms with Crippen LogP contribution in [-0.4, -0.2) is 4.98 Å². The number of nitrogens with one attached hydrogen (secondary N) is 1. The van der Waals surface area contributed by atoms with E-state index in [1.807, 2.05) is 0 Å². The van der Waals surface area contributed by atoms with E-state index in [0.29, 0.717) is 5.52 Å².